The lowest BCUT2D eigenvalue weighted by Crippen LogP contribution is -2.61. The van der Waals surface area contributed by atoms with Gasteiger partial charge in [0.2, 0.25) is 17.7 Å². The van der Waals surface area contributed by atoms with Gasteiger partial charge in [0.1, 0.15) is 35.5 Å². The number of nitrogens with zero attached hydrogens (tertiary/aromatic N) is 6. The molecule has 3 aromatic carbocycles. The van der Waals surface area contributed by atoms with Gasteiger partial charge in [0.25, 0.3) is 5.56 Å². The zero-order chi connectivity index (χ0) is 52.2. The number of carbonyl (C=O) groups excluding carboxylic acids is 3. The summed E-state index contributed by atoms with van der Waals surface area (Å²) in [5.74, 6) is 0.967. The minimum Gasteiger partial charge on any atom is -0.497 e. The highest BCUT2D eigenvalue weighted by Gasteiger charge is 2.43. The van der Waals surface area contributed by atoms with Crippen LogP contribution in [0.2, 0.25) is 0 Å². The van der Waals surface area contributed by atoms with Crippen LogP contribution in [-0.2, 0) is 36.0 Å². The van der Waals surface area contributed by atoms with Crippen LogP contribution in [0.4, 0.5) is 0 Å². The Morgan fingerprint density at radius 1 is 0.750 bits per heavy atom. The predicted octanol–water partition coefficient (Wildman–Crippen LogP) is 4.29. The molecule has 392 valence electrons. The SMILES string of the molecule is COc1ccc(C(OCC2OC(n3cc(C)c(=O)n(CCCCCNC(=O)C4CN(C(=O)CCC[N+](C)(C)C)CCN4C(=O)CCC[N+](C)(C)C)c3=O)CC2O)(c2ccccc2)c2ccc(OC)cc2)cc1. The number of rotatable bonds is 24. The number of unbranched alkanes of at least 4 members (excludes halogenated alkanes) is 2. The molecule has 4 atom stereocenters. The molecule has 0 aliphatic carbocycles. The van der Waals surface area contributed by atoms with Crippen LogP contribution in [0.25, 0.3) is 0 Å². The fraction of sp³-hybridized carbons (Fsp3) is 0.545. The number of benzene rings is 3. The fourth-order valence-electron chi connectivity index (χ4n) is 9.62. The molecule has 4 aromatic rings. The van der Waals surface area contributed by atoms with E-state index >= 15 is 0 Å². The van der Waals surface area contributed by atoms with Gasteiger partial charge in [-0.3, -0.25) is 28.3 Å². The molecule has 0 bridgehead atoms. The monoisotopic (exact) mass is 998 g/mol. The molecule has 6 rings (SSSR count). The van der Waals surface area contributed by atoms with Crippen molar-refractivity contribution in [2.24, 2.45) is 0 Å². The van der Waals surface area contributed by atoms with E-state index in [1.807, 2.05) is 78.9 Å². The van der Waals surface area contributed by atoms with Crippen LogP contribution in [0.3, 0.4) is 0 Å². The molecule has 0 spiro atoms. The van der Waals surface area contributed by atoms with Crippen LogP contribution in [0.1, 0.15) is 79.8 Å². The zero-order valence-corrected chi connectivity index (χ0v) is 44.0. The molecular formula is C55H79N7O10+2. The number of ether oxygens (including phenoxy) is 4. The number of nitrogens with one attached hydrogen (secondary N) is 1. The fourth-order valence-corrected chi connectivity index (χ4v) is 9.62. The average molecular weight is 998 g/mol. The maximum atomic E-state index is 14.1. The lowest BCUT2D eigenvalue weighted by molar-refractivity contribution is -0.870. The predicted molar refractivity (Wildman–Crippen MR) is 276 cm³/mol. The van der Waals surface area contributed by atoms with Gasteiger partial charge >= 0.3 is 5.69 Å². The summed E-state index contributed by atoms with van der Waals surface area (Å²) in [4.78, 5) is 71.5. The third-order valence-electron chi connectivity index (χ3n) is 13.7. The highest BCUT2D eigenvalue weighted by molar-refractivity contribution is 5.89. The number of aliphatic hydroxyl groups excluding tert-OH is 1. The Morgan fingerprint density at radius 2 is 1.32 bits per heavy atom. The van der Waals surface area contributed by atoms with Crippen molar-refractivity contribution in [3.8, 4) is 11.5 Å². The average Bonchev–Trinajstić information content (AvgIpc) is 3.73. The molecule has 2 fully saturated rings. The first kappa shape index (κ1) is 55.5. The first-order valence-electron chi connectivity index (χ1n) is 25.3. The summed E-state index contributed by atoms with van der Waals surface area (Å²) < 4.78 is 28.5. The Hall–Kier alpha value is -5.85. The van der Waals surface area contributed by atoms with Crippen molar-refractivity contribution in [3.63, 3.8) is 0 Å². The molecule has 4 unspecified atom stereocenters. The number of carbonyl (C=O) groups is 3. The van der Waals surface area contributed by atoms with Gasteiger partial charge < -0.3 is 48.1 Å². The Kier molecular flexibility index (Phi) is 19.0. The largest absolute Gasteiger partial charge is 0.497 e. The molecule has 17 nitrogen and oxygen atoms in total. The number of hydrogen-bond donors (Lipinski definition) is 2. The van der Waals surface area contributed by atoms with Gasteiger partial charge in [0.05, 0.1) is 88.9 Å². The third kappa shape index (κ3) is 14.2. The van der Waals surface area contributed by atoms with Crippen LogP contribution in [-0.4, -0.2) is 171 Å². The highest BCUT2D eigenvalue weighted by atomic mass is 16.6. The number of quaternary nitrogens is 2. The lowest BCUT2D eigenvalue weighted by Gasteiger charge is -2.41. The number of aliphatic hydroxyl groups is 1. The zero-order valence-electron chi connectivity index (χ0n) is 44.0. The quantitative estimate of drug-likeness (QED) is 0.0587. The number of methoxy groups -OCH3 is 2. The summed E-state index contributed by atoms with van der Waals surface area (Å²) in [6, 6.07) is 24.3. The topological polar surface area (TPSA) is 171 Å². The molecule has 2 saturated heterocycles. The van der Waals surface area contributed by atoms with Crippen LogP contribution in [0.15, 0.2) is 94.6 Å². The van der Waals surface area contributed by atoms with E-state index in [1.54, 1.807) is 30.9 Å². The third-order valence-corrected chi connectivity index (χ3v) is 13.7. The van der Waals surface area contributed by atoms with Crippen molar-refractivity contribution in [2.75, 3.05) is 102 Å². The minimum absolute atomic E-state index is 0.00949. The van der Waals surface area contributed by atoms with Crippen LogP contribution >= 0.6 is 0 Å². The van der Waals surface area contributed by atoms with Crippen LogP contribution in [0, 0.1) is 6.92 Å². The molecule has 17 heteroatoms. The lowest BCUT2D eigenvalue weighted by atomic mass is 9.80. The van der Waals surface area contributed by atoms with Crippen molar-refractivity contribution in [1.29, 1.82) is 0 Å². The van der Waals surface area contributed by atoms with E-state index in [9.17, 15) is 29.1 Å². The molecule has 72 heavy (non-hydrogen) atoms. The molecule has 2 aliphatic rings. The summed E-state index contributed by atoms with van der Waals surface area (Å²) >= 11 is 0. The second-order valence-electron chi connectivity index (χ2n) is 21.2. The van der Waals surface area contributed by atoms with E-state index in [4.69, 9.17) is 18.9 Å². The van der Waals surface area contributed by atoms with Gasteiger partial charge in [-0.05, 0) is 67.1 Å². The van der Waals surface area contributed by atoms with Gasteiger partial charge in [0, 0.05) is 70.0 Å². The maximum absolute atomic E-state index is 14.1. The smallest absolute Gasteiger partial charge is 0.333 e. The number of amides is 3. The van der Waals surface area contributed by atoms with Gasteiger partial charge in [0.15, 0.2) is 0 Å². The summed E-state index contributed by atoms with van der Waals surface area (Å²) in [5.41, 5.74) is 0.718. The van der Waals surface area contributed by atoms with Crippen LogP contribution < -0.4 is 26.0 Å². The number of aryl methyl sites for hydroxylation is 1. The normalized spacial score (nSPS) is 18.5. The van der Waals surface area contributed by atoms with Crippen LogP contribution in [0.5, 0.6) is 11.5 Å². The van der Waals surface area contributed by atoms with Crippen molar-refractivity contribution >= 4 is 17.7 Å². The Labute approximate surface area is 425 Å². The van der Waals surface area contributed by atoms with Gasteiger partial charge in [-0.2, -0.15) is 0 Å². The van der Waals surface area contributed by atoms with Gasteiger partial charge in [-0.1, -0.05) is 54.6 Å². The molecular weight excluding hydrogens is 919 g/mol. The van der Waals surface area contributed by atoms with E-state index in [2.05, 4.69) is 47.6 Å². The van der Waals surface area contributed by atoms with Crippen molar-refractivity contribution in [2.45, 2.75) is 94.9 Å². The molecule has 2 N–H and O–H groups in total. The number of aromatic nitrogens is 2. The van der Waals surface area contributed by atoms with E-state index < -0.39 is 41.3 Å². The van der Waals surface area contributed by atoms with Gasteiger partial charge in [-0.25, -0.2) is 4.79 Å². The van der Waals surface area contributed by atoms with E-state index in [0.717, 1.165) is 45.2 Å². The van der Waals surface area contributed by atoms with E-state index in [1.165, 1.54) is 15.3 Å². The second kappa shape index (κ2) is 24.7. The molecule has 3 heterocycles. The first-order valence-corrected chi connectivity index (χ1v) is 25.3. The van der Waals surface area contributed by atoms with Crippen molar-refractivity contribution < 1.29 is 47.4 Å². The molecule has 1 aromatic heterocycles. The summed E-state index contributed by atoms with van der Waals surface area (Å²) in [5, 5.41) is 14.5. The maximum Gasteiger partial charge on any atom is 0.333 e. The first-order chi connectivity index (χ1) is 34.2. The molecule has 0 saturated carbocycles. The van der Waals surface area contributed by atoms with Crippen molar-refractivity contribution in [3.05, 3.63) is 128 Å². The summed E-state index contributed by atoms with van der Waals surface area (Å²) in [6.07, 6.45) is 2.66. The Bertz CT molecular complexity index is 2490. The van der Waals surface area contributed by atoms with E-state index in [0.29, 0.717) is 75.2 Å². The molecule has 2 aliphatic heterocycles. The number of piperazine rings is 1. The Balaban J connectivity index is 1.09. The number of hydrogen-bond acceptors (Lipinski definition) is 10. The van der Waals surface area contributed by atoms with E-state index in [-0.39, 0.29) is 43.8 Å². The summed E-state index contributed by atoms with van der Waals surface area (Å²) in [6.45, 7) is 4.57. The minimum atomic E-state index is -1.16. The Morgan fingerprint density at radius 3 is 1.89 bits per heavy atom. The highest BCUT2D eigenvalue weighted by Crippen LogP contribution is 2.43. The van der Waals surface area contributed by atoms with Gasteiger partial charge in [-0.15, -0.1) is 0 Å². The second-order valence-corrected chi connectivity index (χ2v) is 21.2. The standard InChI is InChI=1S/C55H78N7O10/c1-40-37-60(51-36-47(63)48(72-51)39-71-55(41-18-12-10-13-19-41,42-22-26-44(69-8)27-23-42)43-24-28-45(70-9)29-25-43)54(68)59(53(40)67)31-15-11-14-30-56-52(66)46-38-57(49(64)20-16-34-61(2,3)4)32-33-58(46)50(65)21-17-35-62(5,6)7/h10,12-13,18-19,22-29,37,46-48,51,63H,11,14-17,20-21,30-36,38-39H2,1-9H3/q+1/p+1. The summed E-state index contributed by atoms with van der Waals surface area (Å²) in [7, 11) is 15.7. The molecule has 3 amide bonds. The van der Waals surface area contributed by atoms with Crippen molar-refractivity contribution in [1.82, 2.24) is 24.3 Å². The molecule has 0 radical (unpaired) electrons.